The fraction of sp³-hybridized carbons (Fsp3) is 0.647. The van der Waals surface area contributed by atoms with Crippen LogP contribution < -0.4 is 10.1 Å². The fourth-order valence-electron chi connectivity index (χ4n) is 3.60. The molecule has 0 aromatic heterocycles. The molecule has 0 radical (unpaired) electrons. The van der Waals surface area contributed by atoms with Crippen LogP contribution in [0.3, 0.4) is 0 Å². The average Bonchev–Trinajstić information content (AvgIpc) is 2.42. The van der Waals surface area contributed by atoms with Crippen LogP contribution in [-0.4, -0.2) is 14.2 Å². The van der Waals surface area contributed by atoms with Crippen molar-refractivity contribution in [2.75, 3.05) is 14.2 Å². The van der Waals surface area contributed by atoms with E-state index >= 15 is 0 Å². The quantitative estimate of drug-likeness (QED) is 0.886. The van der Waals surface area contributed by atoms with Crippen molar-refractivity contribution < 1.29 is 9.13 Å². The summed E-state index contributed by atoms with van der Waals surface area (Å²) in [5.74, 6) is 0.859. The third-order valence-corrected chi connectivity index (χ3v) is 4.85. The Hall–Kier alpha value is -1.09. The average molecular weight is 279 g/mol. The molecule has 1 saturated carbocycles. The largest absolute Gasteiger partial charge is 0.497 e. The Morgan fingerprint density at radius 1 is 1.35 bits per heavy atom. The number of halogens is 1. The van der Waals surface area contributed by atoms with Gasteiger partial charge in [-0.2, -0.15) is 0 Å². The van der Waals surface area contributed by atoms with Crippen molar-refractivity contribution in [3.05, 3.63) is 29.6 Å². The zero-order valence-electron chi connectivity index (χ0n) is 13.0. The van der Waals surface area contributed by atoms with Crippen molar-refractivity contribution >= 4 is 0 Å². The minimum Gasteiger partial charge on any atom is -0.497 e. The Kier molecular flexibility index (Phi) is 4.69. The van der Waals surface area contributed by atoms with Crippen LogP contribution in [0.1, 0.15) is 51.1 Å². The molecule has 0 aliphatic heterocycles. The minimum atomic E-state index is -0.176. The van der Waals surface area contributed by atoms with Crippen molar-refractivity contribution in [2.24, 2.45) is 11.3 Å². The van der Waals surface area contributed by atoms with Gasteiger partial charge >= 0.3 is 0 Å². The Bertz CT molecular complexity index is 458. The summed E-state index contributed by atoms with van der Waals surface area (Å²) < 4.78 is 19.5. The lowest BCUT2D eigenvalue weighted by atomic mass is 9.65. The van der Waals surface area contributed by atoms with Crippen LogP contribution >= 0.6 is 0 Å². The molecule has 2 atom stereocenters. The van der Waals surface area contributed by atoms with Crippen molar-refractivity contribution in [1.29, 1.82) is 0 Å². The lowest BCUT2D eigenvalue weighted by molar-refractivity contribution is 0.0998. The molecule has 0 saturated heterocycles. The number of ether oxygens (including phenoxy) is 1. The van der Waals surface area contributed by atoms with Gasteiger partial charge in [0.15, 0.2) is 0 Å². The molecule has 1 aromatic rings. The molecular formula is C17H26FNO. The molecule has 1 aromatic carbocycles. The molecule has 1 aliphatic rings. The lowest BCUT2D eigenvalue weighted by Gasteiger charge is -2.43. The first kappa shape index (κ1) is 15.3. The van der Waals surface area contributed by atoms with Gasteiger partial charge in [0.25, 0.3) is 0 Å². The van der Waals surface area contributed by atoms with E-state index in [1.54, 1.807) is 7.11 Å². The number of hydrogen-bond acceptors (Lipinski definition) is 2. The minimum absolute atomic E-state index is 0.0659. The van der Waals surface area contributed by atoms with Crippen LogP contribution in [0.15, 0.2) is 18.2 Å². The summed E-state index contributed by atoms with van der Waals surface area (Å²) in [5, 5.41) is 3.34. The van der Waals surface area contributed by atoms with Crippen LogP contribution in [0.5, 0.6) is 5.75 Å². The van der Waals surface area contributed by atoms with Gasteiger partial charge in [-0.1, -0.05) is 32.8 Å². The van der Waals surface area contributed by atoms with Gasteiger partial charge in [-0.25, -0.2) is 4.39 Å². The predicted octanol–water partition coefficient (Wildman–Crippen LogP) is 4.31. The molecule has 0 bridgehead atoms. The van der Waals surface area contributed by atoms with Gasteiger partial charge in [0.1, 0.15) is 11.6 Å². The molecule has 2 rings (SSSR count). The normalized spacial score (nSPS) is 23.4. The molecule has 112 valence electrons. The zero-order chi connectivity index (χ0) is 14.8. The molecule has 3 heteroatoms. The molecule has 2 nitrogen and oxygen atoms in total. The highest BCUT2D eigenvalue weighted by Crippen LogP contribution is 2.47. The van der Waals surface area contributed by atoms with E-state index in [2.05, 4.69) is 19.2 Å². The molecule has 20 heavy (non-hydrogen) atoms. The van der Waals surface area contributed by atoms with E-state index in [1.807, 2.05) is 19.2 Å². The molecule has 1 aliphatic carbocycles. The molecular weight excluding hydrogens is 253 g/mol. The Labute approximate surface area is 121 Å². The van der Waals surface area contributed by atoms with E-state index in [4.69, 9.17) is 4.74 Å². The van der Waals surface area contributed by atoms with E-state index < -0.39 is 0 Å². The monoisotopic (exact) mass is 279 g/mol. The number of nitrogens with one attached hydrogen (secondary N) is 1. The van der Waals surface area contributed by atoms with Gasteiger partial charge in [0, 0.05) is 17.7 Å². The first-order chi connectivity index (χ1) is 9.49. The van der Waals surface area contributed by atoms with Crippen LogP contribution in [-0.2, 0) is 0 Å². The smallest absolute Gasteiger partial charge is 0.131 e. The van der Waals surface area contributed by atoms with Gasteiger partial charge in [0.05, 0.1) is 7.11 Å². The van der Waals surface area contributed by atoms with Crippen LogP contribution in [0.25, 0.3) is 0 Å². The SMILES string of the molecule is CNC(c1ccc(OC)cc1F)C1CCCCC1(C)C. The molecule has 1 N–H and O–H groups in total. The topological polar surface area (TPSA) is 21.3 Å². The van der Waals surface area contributed by atoms with Gasteiger partial charge in [-0.05, 0) is 37.3 Å². The molecule has 0 spiro atoms. The van der Waals surface area contributed by atoms with Crippen LogP contribution in [0.2, 0.25) is 0 Å². The molecule has 0 heterocycles. The summed E-state index contributed by atoms with van der Waals surface area (Å²) in [6.45, 7) is 4.62. The third kappa shape index (κ3) is 2.98. The number of methoxy groups -OCH3 is 1. The van der Waals surface area contributed by atoms with Crippen molar-refractivity contribution in [1.82, 2.24) is 5.32 Å². The predicted molar refractivity (Wildman–Crippen MR) is 80.5 cm³/mol. The third-order valence-electron chi connectivity index (χ3n) is 4.85. The number of rotatable bonds is 4. The first-order valence-corrected chi connectivity index (χ1v) is 7.50. The standard InChI is InChI=1S/C17H26FNO/c1-17(2)10-6-5-7-14(17)16(19-3)13-9-8-12(20-4)11-15(13)18/h8-9,11,14,16,19H,5-7,10H2,1-4H3. The van der Waals surface area contributed by atoms with Gasteiger partial charge in [-0.3, -0.25) is 0 Å². The number of hydrogen-bond donors (Lipinski definition) is 1. The van der Waals surface area contributed by atoms with Gasteiger partial charge < -0.3 is 10.1 Å². The summed E-state index contributed by atoms with van der Waals surface area (Å²) in [5.41, 5.74) is 1.01. The fourth-order valence-corrected chi connectivity index (χ4v) is 3.60. The molecule has 2 unspecified atom stereocenters. The van der Waals surface area contributed by atoms with Crippen molar-refractivity contribution in [2.45, 2.75) is 45.6 Å². The second-order valence-electron chi connectivity index (χ2n) is 6.49. The van der Waals surface area contributed by atoms with E-state index in [9.17, 15) is 4.39 Å². The first-order valence-electron chi connectivity index (χ1n) is 7.50. The number of benzene rings is 1. The van der Waals surface area contributed by atoms with Gasteiger partial charge in [-0.15, -0.1) is 0 Å². The highest BCUT2D eigenvalue weighted by atomic mass is 19.1. The highest BCUT2D eigenvalue weighted by molar-refractivity contribution is 5.31. The van der Waals surface area contributed by atoms with E-state index in [-0.39, 0.29) is 17.3 Å². The second kappa shape index (κ2) is 6.13. The maximum atomic E-state index is 14.4. The van der Waals surface area contributed by atoms with Crippen molar-refractivity contribution in [3.63, 3.8) is 0 Å². The maximum Gasteiger partial charge on any atom is 0.131 e. The summed E-state index contributed by atoms with van der Waals surface area (Å²) in [4.78, 5) is 0. The maximum absolute atomic E-state index is 14.4. The Morgan fingerprint density at radius 3 is 2.65 bits per heavy atom. The Morgan fingerprint density at radius 2 is 2.10 bits per heavy atom. The van der Waals surface area contributed by atoms with E-state index in [0.717, 1.165) is 12.0 Å². The summed E-state index contributed by atoms with van der Waals surface area (Å²) in [6, 6.07) is 5.25. The van der Waals surface area contributed by atoms with E-state index in [1.165, 1.54) is 25.3 Å². The molecule has 1 fully saturated rings. The lowest BCUT2D eigenvalue weighted by Crippen LogP contribution is -2.38. The van der Waals surface area contributed by atoms with Gasteiger partial charge in [0.2, 0.25) is 0 Å². The van der Waals surface area contributed by atoms with Crippen LogP contribution in [0, 0.1) is 17.2 Å². The summed E-state index contributed by atoms with van der Waals surface area (Å²) in [6.07, 6.45) is 4.90. The van der Waals surface area contributed by atoms with Crippen LogP contribution in [0.4, 0.5) is 4.39 Å². The summed E-state index contributed by atoms with van der Waals surface area (Å²) in [7, 11) is 3.49. The zero-order valence-corrected chi connectivity index (χ0v) is 13.0. The van der Waals surface area contributed by atoms with Crippen molar-refractivity contribution in [3.8, 4) is 5.75 Å². The summed E-state index contributed by atoms with van der Waals surface area (Å²) >= 11 is 0. The second-order valence-corrected chi connectivity index (χ2v) is 6.49. The molecule has 0 amide bonds. The van der Waals surface area contributed by atoms with E-state index in [0.29, 0.717) is 11.7 Å². The highest BCUT2D eigenvalue weighted by Gasteiger charge is 2.38. The Balaban J connectivity index is 2.32.